The van der Waals surface area contributed by atoms with E-state index in [0.29, 0.717) is 9.90 Å². The molecule has 0 aliphatic rings. The Morgan fingerprint density at radius 2 is 2.07 bits per heavy atom. The van der Waals surface area contributed by atoms with Crippen LogP contribution in [0, 0.1) is 0 Å². The van der Waals surface area contributed by atoms with Crippen LogP contribution < -0.4 is 10.2 Å². The van der Waals surface area contributed by atoms with E-state index in [1.165, 1.54) is 11.3 Å². The number of pyridine rings is 1. The summed E-state index contributed by atoms with van der Waals surface area (Å²) in [7, 11) is 3.56. The molecule has 3 heterocycles. The predicted molar refractivity (Wildman–Crippen MR) is 110 cm³/mol. The molecule has 0 radical (unpaired) electrons. The van der Waals surface area contributed by atoms with Crippen LogP contribution in [0.2, 0.25) is 5.02 Å². The Morgan fingerprint density at radius 1 is 1.26 bits per heavy atom. The number of nitrogens with zero attached hydrogens (tertiary/aromatic N) is 4. The van der Waals surface area contributed by atoms with Crippen LogP contribution in [0.5, 0.6) is 0 Å². The van der Waals surface area contributed by atoms with Gasteiger partial charge in [0.2, 0.25) is 0 Å². The molecule has 0 spiro atoms. The normalized spacial score (nSPS) is 10.9. The number of halogens is 1. The average Bonchev–Trinajstić information content (AvgIpc) is 3.33. The average molecular weight is 398 g/mol. The third kappa shape index (κ3) is 3.15. The molecule has 0 bridgehead atoms. The molecular weight excluding hydrogens is 382 g/mol. The second kappa shape index (κ2) is 7.02. The Bertz CT molecular complexity index is 1140. The number of benzene rings is 1. The number of anilines is 2. The van der Waals surface area contributed by atoms with E-state index in [9.17, 15) is 4.79 Å². The largest absolute Gasteiger partial charge is 0.354 e. The van der Waals surface area contributed by atoms with Crippen molar-refractivity contribution >= 4 is 51.3 Å². The smallest absolute Gasteiger partial charge is 0.261 e. The minimum absolute atomic E-state index is 0.112. The molecule has 0 saturated carbocycles. The first-order valence-corrected chi connectivity index (χ1v) is 9.47. The van der Waals surface area contributed by atoms with Crippen molar-refractivity contribution in [2.45, 2.75) is 0 Å². The van der Waals surface area contributed by atoms with Gasteiger partial charge in [0.15, 0.2) is 5.65 Å². The summed E-state index contributed by atoms with van der Waals surface area (Å²) in [5, 5.41) is 10.5. The maximum atomic E-state index is 11.8. The van der Waals surface area contributed by atoms with Gasteiger partial charge >= 0.3 is 0 Å². The first-order valence-electron chi connectivity index (χ1n) is 8.21. The molecule has 4 aromatic rings. The number of carbonyl (C=O) groups excluding carboxylic acids is 1. The molecule has 1 aromatic carbocycles. The van der Waals surface area contributed by atoms with Gasteiger partial charge in [0, 0.05) is 24.9 Å². The first kappa shape index (κ1) is 17.5. The fourth-order valence-corrected chi connectivity index (χ4v) is 3.90. The number of aromatic nitrogens is 3. The van der Waals surface area contributed by atoms with Crippen LogP contribution in [-0.4, -0.2) is 34.8 Å². The minimum Gasteiger partial charge on any atom is -0.354 e. The fourth-order valence-electron chi connectivity index (χ4n) is 2.82. The number of hydrogen-bond acceptors (Lipinski definition) is 5. The molecule has 0 unspecified atom stereocenters. The fraction of sp³-hybridized carbons (Fsp3) is 0.105. The van der Waals surface area contributed by atoms with Crippen molar-refractivity contribution in [1.29, 1.82) is 0 Å². The van der Waals surface area contributed by atoms with E-state index >= 15 is 0 Å². The Morgan fingerprint density at radius 3 is 2.85 bits per heavy atom. The van der Waals surface area contributed by atoms with Crippen LogP contribution in [0.15, 0.2) is 54.2 Å². The Balaban J connectivity index is 1.71. The highest BCUT2D eigenvalue weighted by atomic mass is 35.5. The number of amides is 1. The molecule has 0 saturated heterocycles. The number of carbonyl (C=O) groups is 1. The number of hydrogen-bond donors (Lipinski definition) is 1. The molecule has 0 fully saturated rings. The van der Waals surface area contributed by atoms with E-state index in [1.807, 2.05) is 47.7 Å². The van der Waals surface area contributed by atoms with Gasteiger partial charge in [-0.25, -0.2) is 9.67 Å². The molecule has 0 aliphatic carbocycles. The van der Waals surface area contributed by atoms with Gasteiger partial charge in [-0.1, -0.05) is 23.7 Å². The van der Waals surface area contributed by atoms with Crippen molar-refractivity contribution in [3.63, 3.8) is 0 Å². The van der Waals surface area contributed by atoms with Crippen LogP contribution in [-0.2, 0) is 0 Å². The zero-order chi connectivity index (χ0) is 19.0. The molecule has 4 rings (SSSR count). The highest BCUT2D eigenvalue weighted by molar-refractivity contribution is 7.12. The number of thiophene rings is 1. The quantitative estimate of drug-likeness (QED) is 0.558. The van der Waals surface area contributed by atoms with Crippen molar-refractivity contribution in [1.82, 2.24) is 20.1 Å². The molecular formula is C19H16ClN5OS. The summed E-state index contributed by atoms with van der Waals surface area (Å²) in [6.45, 7) is 0. The number of rotatable bonds is 4. The summed E-state index contributed by atoms with van der Waals surface area (Å²) in [5.41, 5.74) is 3.35. The summed E-state index contributed by atoms with van der Waals surface area (Å²) in [6.07, 6.45) is 3.55. The first-order chi connectivity index (χ1) is 13.1. The van der Waals surface area contributed by atoms with Crippen molar-refractivity contribution in [2.75, 3.05) is 19.0 Å². The monoisotopic (exact) mass is 397 g/mol. The lowest BCUT2D eigenvalue weighted by Gasteiger charge is -2.20. The lowest BCUT2D eigenvalue weighted by molar-refractivity contribution is 0.0967. The second-order valence-electron chi connectivity index (χ2n) is 5.92. The van der Waals surface area contributed by atoms with Gasteiger partial charge in [0.25, 0.3) is 5.91 Å². The van der Waals surface area contributed by atoms with Gasteiger partial charge in [-0.2, -0.15) is 5.10 Å². The highest BCUT2D eigenvalue weighted by Gasteiger charge is 2.14. The summed E-state index contributed by atoms with van der Waals surface area (Å²) >= 11 is 7.67. The van der Waals surface area contributed by atoms with Gasteiger partial charge in [0.05, 0.1) is 39.4 Å². The molecule has 6 nitrogen and oxygen atoms in total. The summed E-state index contributed by atoms with van der Waals surface area (Å²) in [4.78, 5) is 19.0. The zero-order valence-corrected chi connectivity index (χ0v) is 16.3. The van der Waals surface area contributed by atoms with Gasteiger partial charge in [0.1, 0.15) is 0 Å². The maximum absolute atomic E-state index is 11.8. The van der Waals surface area contributed by atoms with E-state index in [0.717, 1.165) is 28.1 Å². The van der Waals surface area contributed by atoms with Crippen LogP contribution >= 0.6 is 22.9 Å². The van der Waals surface area contributed by atoms with Crippen molar-refractivity contribution in [3.05, 3.63) is 64.1 Å². The lowest BCUT2D eigenvalue weighted by Crippen LogP contribution is -2.16. The third-order valence-electron chi connectivity index (χ3n) is 4.28. The van der Waals surface area contributed by atoms with Crippen LogP contribution in [0.1, 0.15) is 9.67 Å². The van der Waals surface area contributed by atoms with E-state index in [-0.39, 0.29) is 5.91 Å². The lowest BCUT2D eigenvalue weighted by atomic mass is 10.2. The topological polar surface area (TPSA) is 63.1 Å². The van der Waals surface area contributed by atoms with Crippen LogP contribution in [0.25, 0.3) is 16.7 Å². The summed E-state index contributed by atoms with van der Waals surface area (Å²) in [5.74, 6) is -0.112. The molecule has 8 heteroatoms. The Labute approximate surface area is 165 Å². The molecule has 27 heavy (non-hydrogen) atoms. The van der Waals surface area contributed by atoms with Crippen molar-refractivity contribution in [2.24, 2.45) is 0 Å². The predicted octanol–water partition coefficient (Wildman–Crippen LogP) is 4.26. The van der Waals surface area contributed by atoms with E-state index in [4.69, 9.17) is 11.6 Å². The van der Waals surface area contributed by atoms with Gasteiger partial charge in [-0.3, -0.25) is 4.79 Å². The van der Waals surface area contributed by atoms with E-state index < -0.39 is 0 Å². The molecule has 0 atom stereocenters. The highest BCUT2D eigenvalue weighted by Crippen LogP contribution is 2.31. The molecule has 1 amide bonds. The summed E-state index contributed by atoms with van der Waals surface area (Å²) in [6, 6.07) is 11.5. The van der Waals surface area contributed by atoms with Gasteiger partial charge in [-0.15, -0.1) is 11.3 Å². The molecule has 1 N–H and O–H groups in total. The van der Waals surface area contributed by atoms with Crippen molar-refractivity contribution in [3.8, 4) is 5.69 Å². The van der Waals surface area contributed by atoms with E-state index in [2.05, 4.69) is 15.4 Å². The second-order valence-corrected chi connectivity index (χ2v) is 7.24. The van der Waals surface area contributed by atoms with Gasteiger partial charge < -0.3 is 10.2 Å². The van der Waals surface area contributed by atoms with Gasteiger partial charge in [-0.05, 0) is 24.3 Å². The Hall–Kier alpha value is -2.90. The number of nitrogens with one attached hydrogen (secondary N) is 1. The molecule has 3 aromatic heterocycles. The SMILES string of the molecule is CNC(=O)c1cc(-n2ncc3cc(N(C)c4ccccc4Cl)cnc32)cs1. The van der Waals surface area contributed by atoms with Crippen LogP contribution in [0.3, 0.4) is 0 Å². The maximum Gasteiger partial charge on any atom is 0.261 e. The molecule has 136 valence electrons. The van der Waals surface area contributed by atoms with E-state index in [1.54, 1.807) is 30.2 Å². The summed E-state index contributed by atoms with van der Waals surface area (Å²) < 4.78 is 1.73. The third-order valence-corrected chi connectivity index (χ3v) is 5.51. The molecule has 0 aliphatic heterocycles. The van der Waals surface area contributed by atoms with Crippen molar-refractivity contribution < 1.29 is 4.79 Å². The minimum atomic E-state index is -0.112. The number of para-hydroxylation sites is 1. The standard InChI is InChI=1S/C19H16ClN5OS/c1-21-19(26)17-8-14(11-27-17)25-18-12(9-23-25)7-13(10-22-18)24(2)16-6-4-3-5-15(16)20/h3-11H,1-2H3,(H,21,26). The van der Waals surface area contributed by atoms with Crippen LogP contribution in [0.4, 0.5) is 11.4 Å². The zero-order valence-electron chi connectivity index (χ0n) is 14.7. The number of fused-ring (bicyclic) bond motifs is 1. The Kier molecular flexibility index (Phi) is 4.55.